The summed E-state index contributed by atoms with van der Waals surface area (Å²) >= 11 is 0. The number of benzene rings is 1. The lowest BCUT2D eigenvalue weighted by molar-refractivity contribution is 0.0867. The average molecular weight is 240 g/mol. The van der Waals surface area contributed by atoms with Gasteiger partial charge in [-0.3, -0.25) is 4.79 Å². The van der Waals surface area contributed by atoms with Crippen LogP contribution in [0.15, 0.2) is 29.2 Å². The van der Waals surface area contributed by atoms with Crippen LogP contribution in [-0.4, -0.2) is 31.2 Å². The van der Waals surface area contributed by atoms with E-state index in [1.807, 2.05) is 0 Å². The number of nitrogens with two attached hydrogens (primary N) is 1. The van der Waals surface area contributed by atoms with Crippen LogP contribution in [0, 0.1) is 0 Å². The first kappa shape index (κ1) is 11.1. The number of nitrogens with zero attached hydrogens (tertiary/aromatic N) is 1. The Morgan fingerprint density at radius 2 is 2.00 bits per heavy atom. The summed E-state index contributed by atoms with van der Waals surface area (Å²) in [4.78, 5) is 11.9. The van der Waals surface area contributed by atoms with Crippen LogP contribution in [0.2, 0.25) is 0 Å². The molecule has 0 spiro atoms. The maximum atomic E-state index is 12.0. The van der Waals surface area contributed by atoms with Gasteiger partial charge in [-0.1, -0.05) is 12.1 Å². The van der Waals surface area contributed by atoms with Crippen molar-refractivity contribution in [2.45, 2.75) is 17.9 Å². The van der Waals surface area contributed by atoms with E-state index in [2.05, 4.69) is 0 Å². The summed E-state index contributed by atoms with van der Waals surface area (Å²) in [5.74, 6) is -0.493. The lowest BCUT2D eigenvalue weighted by atomic mass is 10.2. The van der Waals surface area contributed by atoms with Gasteiger partial charge < -0.3 is 5.73 Å². The number of hydrogen-bond acceptors (Lipinski definition) is 4. The smallest absolute Gasteiger partial charge is 0.269 e. The summed E-state index contributed by atoms with van der Waals surface area (Å²) in [5.41, 5.74) is 5.76. The second kappa shape index (κ2) is 3.57. The number of sulfonamides is 1. The van der Waals surface area contributed by atoms with Gasteiger partial charge in [0.25, 0.3) is 15.9 Å². The summed E-state index contributed by atoms with van der Waals surface area (Å²) in [5, 5.41) is 0. The van der Waals surface area contributed by atoms with Crippen LogP contribution in [0.25, 0.3) is 0 Å². The van der Waals surface area contributed by atoms with Gasteiger partial charge in [-0.15, -0.1) is 0 Å². The molecule has 86 valence electrons. The van der Waals surface area contributed by atoms with Gasteiger partial charge in [0.2, 0.25) is 0 Å². The minimum Gasteiger partial charge on any atom is -0.326 e. The van der Waals surface area contributed by atoms with Crippen LogP contribution in [0.5, 0.6) is 0 Å². The molecule has 0 radical (unpaired) electrons. The van der Waals surface area contributed by atoms with E-state index in [4.69, 9.17) is 5.73 Å². The zero-order valence-corrected chi connectivity index (χ0v) is 9.57. The zero-order valence-electron chi connectivity index (χ0n) is 8.75. The normalized spacial score (nSPS) is 19.6. The van der Waals surface area contributed by atoms with Gasteiger partial charge in [0.15, 0.2) is 0 Å². The molecule has 2 rings (SSSR count). The van der Waals surface area contributed by atoms with Crippen LogP contribution in [0.1, 0.15) is 17.3 Å². The molecule has 1 aromatic rings. The summed E-state index contributed by atoms with van der Waals surface area (Å²) in [6.45, 7) is 1.67. The molecule has 2 N–H and O–H groups in total. The zero-order chi connectivity index (χ0) is 11.9. The lowest BCUT2D eigenvalue weighted by Gasteiger charge is -2.16. The molecule has 1 heterocycles. The molecular formula is C10H12N2O3S. The van der Waals surface area contributed by atoms with Crippen LogP contribution >= 0.6 is 0 Å². The summed E-state index contributed by atoms with van der Waals surface area (Å²) in [6.07, 6.45) is 0. The maximum absolute atomic E-state index is 12.0. The topological polar surface area (TPSA) is 80.5 Å². The molecule has 16 heavy (non-hydrogen) atoms. The standard InChI is InChI=1S/C10H12N2O3S/c1-7(11)6-12-10(13)8-4-2-3-5-9(8)16(12,14)15/h2-5,7H,6,11H2,1H3. The average Bonchev–Trinajstić information content (AvgIpc) is 2.41. The molecule has 5 nitrogen and oxygen atoms in total. The molecule has 0 saturated heterocycles. The summed E-state index contributed by atoms with van der Waals surface area (Å²) < 4.78 is 24.8. The third kappa shape index (κ3) is 1.50. The molecular weight excluding hydrogens is 228 g/mol. The van der Waals surface area contributed by atoms with Crippen LogP contribution in [-0.2, 0) is 10.0 Å². The highest BCUT2D eigenvalue weighted by Gasteiger charge is 2.40. The number of fused-ring (bicyclic) bond motifs is 1. The van der Waals surface area contributed by atoms with E-state index < -0.39 is 15.9 Å². The van der Waals surface area contributed by atoms with E-state index in [-0.39, 0.29) is 23.0 Å². The van der Waals surface area contributed by atoms with Crippen molar-refractivity contribution in [3.05, 3.63) is 29.8 Å². The van der Waals surface area contributed by atoms with E-state index in [1.165, 1.54) is 12.1 Å². The fourth-order valence-corrected chi connectivity index (χ4v) is 3.34. The second-order valence-corrected chi connectivity index (χ2v) is 5.65. The highest BCUT2D eigenvalue weighted by molar-refractivity contribution is 7.90. The van der Waals surface area contributed by atoms with Gasteiger partial charge in [-0.25, -0.2) is 12.7 Å². The molecule has 6 heteroatoms. The quantitative estimate of drug-likeness (QED) is 0.799. The van der Waals surface area contributed by atoms with Gasteiger partial charge in [0.05, 0.1) is 12.1 Å². The minimum atomic E-state index is -3.69. The predicted molar refractivity (Wildman–Crippen MR) is 58.3 cm³/mol. The third-order valence-electron chi connectivity index (χ3n) is 2.37. The number of rotatable bonds is 2. The summed E-state index contributed by atoms with van der Waals surface area (Å²) in [7, 11) is -3.69. The number of carbonyl (C=O) groups excluding carboxylic acids is 1. The molecule has 1 aliphatic rings. The Labute approximate surface area is 93.9 Å². The lowest BCUT2D eigenvalue weighted by Crippen LogP contribution is -2.39. The first-order valence-corrected chi connectivity index (χ1v) is 6.30. The fourth-order valence-electron chi connectivity index (χ4n) is 1.67. The van der Waals surface area contributed by atoms with E-state index in [9.17, 15) is 13.2 Å². The monoisotopic (exact) mass is 240 g/mol. The Hall–Kier alpha value is -1.40. The molecule has 0 bridgehead atoms. The van der Waals surface area contributed by atoms with E-state index in [0.717, 1.165) is 4.31 Å². The highest BCUT2D eigenvalue weighted by Crippen LogP contribution is 2.29. The molecule has 0 saturated carbocycles. The largest absolute Gasteiger partial charge is 0.326 e. The Kier molecular flexibility index (Phi) is 2.47. The third-order valence-corrected chi connectivity index (χ3v) is 4.17. The SMILES string of the molecule is CC(N)CN1C(=O)c2ccccc2S1(=O)=O. The van der Waals surface area contributed by atoms with Crippen LogP contribution in [0.3, 0.4) is 0 Å². The molecule has 0 aliphatic carbocycles. The van der Waals surface area contributed by atoms with Gasteiger partial charge in [-0.2, -0.15) is 0 Å². The van der Waals surface area contributed by atoms with Gasteiger partial charge >= 0.3 is 0 Å². The molecule has 0 aromatic heterocycles. The first-order chi connectivity index (χ1) is 7.44. The highest BCUT2D eigenvalue weighted by atomic mass is 32.2. The van der Waals surface area contributed by atoms with Crippen molar-refractivity contribution in [1.29, 1.82) is 0 Å². The van der Waals surface area contributed by atoms with E-state index in [0.29, 0.717) is 0 Å². The number of hydrogen-bond donors (Lipinski definition) is 1. The van der Waals surface area contributed by atoms with Crippen molar-refractivity contribution in [3.63, 3.8) is 0 Å². The molecule has 1 unspecified atom stereocenters. The molecule has 1 amide bonds. The number of amides is 1. The van der Waals surface area contributed by atoms with Gasteiger partial charge in [0, 0.05) is 6.04 Å². The molecule has 0 fully saturated rings. The van der Waals surface area contributed by atoms with E-state index in [1.54, 1.807) is 19.1 Å². The van der Waals surface area contributed by atoms with Crippen molar-refractivity contribution >= 4 is 15.9 Å². The Bertz CT molecular complexity index is 537. The Morgan fingerprint density at radius 1 is 1.38 bits per heavy atom. The van der Waals surface area contributed by atoms with E-state index >= 15 is 0 Å². The van der Waals surface area contributed by atoms with Crippen LogP contribution < -0.4 is 5.73 Å². The summed E-state index contributed by atoms with van der Waals surface area (Å²) in [6, 6.07) is 5.80. The second-order valence-electron chi connectivity index (χ2n) is 3.81. The van der Waals surface area contributed by atoms with Crippen molar-refractivity contribution in [2.24, 2.45) is 5.73 Å². The van der Waals surface area contributed by atoms with Crippen molar-refractivity contribution in [2.75, 3.05) is 6.54 Å². The molecule has 1 atom stereocenters. The Morgan fingerprint density at radius 3 is 2.56 bits per heavy atom. The Balaban J connectivity index is 2.54. The fraction of sp³-hybridized carbons (Fsp3) is 0.300. The van der Waals surface area contributed by atoms with Crippen molar-refractivity contribution in [1.82, 2.24) is 4.31 Å². The first-order valence-electron chi connectivity index (χ1n) is 4.86. The predicted octanol–water partition coefficient (Wildman–Crippen LogP) is 0.178. The van der Waals surface area contributed by atoms with Crippen molar-refractivity contribution < 1.29 is 13.2 Å². The minimum absolute atomic E-state index is 0.00977. The van der Waals surface area contributed by atoms with Crippen LogP contribution in [0.4, 0.5) is 0 Å². The van der Waals surface area contributed by atoms with Gasteiger partial charge in [-0.05, 0) is 19.1 Å². The van der Waals surface area contributed by atoms with Crippen molar-refractivity contribution in [3.8, 4) is 0 Å². The van der Waals surface area contributed by atoms with Gasteiger partial charge in [0.1, 0.15) is 4.90 Å². The molecule has 1 aromatic carbocycles. The number of carbonyl (C=O) groups is 1. The molecule has 1 aliphatic heterocycles. The maximum Gasteiger partial charge on any atom is 0.269 e.